The Morgan fingerprint density at radius 2 is 1.88 bits per heavy atom. The Morgan fingerprint density at radius 3 is 2.48 bits per heavy atom. The Balaban J connectivity index is 1.68. The van der Waals surface area contributed by atoms with Crippen molar-refractivity contribution >= 4 is 21.9 Å². The summed E-state index contributed by atoms with van der Waals surface area (Å²) in [6.45, 7) is 0.0540. The van der Waals surface area contributed by atoms with Crippen LogP contribution in [0.3, 0.4) is 0 Å². The van der Waals surface area contributed by atoms with Gasteiger partial charge in [0, 0.05) is 18.2 Å². The van der Waals surface area contributed by atoms with Crippen LogP contribution in [0.2, 0.25) is 0 Å². The summed E-state index contributed by atoms with van der Waals surface area (Å²) in [7, 11) is -3.67. The van der Waals surface area contributed by atoms with Gasteiger partial charge in [-0.2, -0.15) is 0 Å². The molecule has 1 aromatic carbocycles. The number of amides is 1. The maximum Gasteiger partial charge on any atom is 0.311 e. The average molecular weight is 366 g/mol. The van der Waals surface area contributed by atoms with E-state index in [-0.39, 0.29) is 23.0 Å². The molecule has 0 aliphatic heterocycles. The monoisotopic (exact) mass is 366 g/mol. The zero-order valence-corrected chi connectivity index (χ0v) is 14.6. The third-order valence-corrected chi connectivity index (χ3v) is 6.50. The van der Waals surface area contributed by atoms with Gasteiger partial charge in [-0.15, -0.1) is 0 Å². The number of sulfonamides is 1. The Labute approximate surface area is 146 Å². The predicted molar refractivity (Wildman–Crippen MR) is 90.7 cm³/mol. The highest BCUT2D eigenvalue weighted by Gasteiger charge is 2.50. The Kier molecular flexibility index (Phi) is 4.83. The van der Waals surface area contributed by atoms with Crippen molar-refractivity contribution in [3.05, 3.63) is 29.8 Å². The van der Waals surface area contributed by atoms with E-state index in [1.807, 2.05) is 0 Å². The summed E-state index contributed by atoms with van der Waals surface area (Å²) in [5, 5.41) is 11.7. The molecule has 0 saturated heterocycles. The van der Waals surface area contributed by atoms with E-state index in [0.29, 0.717) is 12.8 Å². The molecular weight excluding hydrogens is 344 g/mol. The van der Waals surface area contributed by atoms with E-state index in [9.17, 15) is 18.0 Å². The lowest BCUT2D eigenvalue weighted by Crippen LogP contribution is -2.35. The molecule has 7 nitrogen and oxygen atoms in total. The van der Waals surface area contributed by atoms with Crippen molar-refractivity contribution in [3.8, 4) is 0 Å². The summed E-state index contributed by atoms with van der Waals surface area (Å²) < 4.78 is 27.6. The number of hydrogen-bond acceptors (Lipinski definition) is 4. The number of carboxylic acids is 1. The maximum atomic E-state index is 12.5. The minimum absolute atomic E-state index is 0.0476. The van der Waals surface area contributed by atoms with Crippen LogP contribution in [0.25, 0.3) is 0 Å². The first kappa shape index (κ1) is 17.9. The zero-order chi connectivity index (χ0) is 18.1. The molecule has 3 N–H and O–H groups in total. The second kappa shape index (κ2) is 6.76. The van der Waals surface area contributed by atoms with E-state index in [2.05, 4.69) is 10.0 Å². The maximum absolute atomic E-state index is 12.5. The molecule has 136 valence electrons. The van der Waals surface area contributed by atoms with E-state index >= 15 is 0 Å². The first-order valence-electron chi connectivity index (χ1n) is 8.46. The molecule has 2 fully saturated rings. The van der Waals surface area contributed by atoms with Gasteiger partial charge in [-0.3, -0.25) is 9.59 Å². The molecule has 25 heavy (non-hydrogen) atoms. The van der Waals surface area contributed by atoms with E-state index in [1.54, 1.807) is 0 Å². The van der Waals surface area contributed by atoms with Gasteiger partial charge in [-0.25, -0.2) is 13.1 Å². The molecule has 1 amide bonds. The Hall–Kier alpha value is -1.93. The van der Waals surface area contributed by atoms with Crippen LogP contribution in [0.1, 0.15) is 48.9 Å². The lowest BCUT2D eigenvalue weighted by Gasteiger charge is -2.14. The van der Waals surface area contributed by atoms with E-state index in [0.717, 1.165) is 25.7 Å². The summed E-state index contributed by atoms with van der Waals surface area (Å²) in [6, 6.07) is 5.76. The summed E-state index contributed by atoms with van der Waals surface area (Å²) in [6.07, 6.45) is 4.78. The number of rotatable bonds is 7. The van der Waals surface area contributed by atoms with E-state index in [4.69, 9.17) is 5.11 Å². The Bertz CT molecular complexity index is 780. The van der Waals surface area contributed by atoms with Crippen molar-refractivity contribution in [3.63, 3.8) is 0 Å². The van der Waals surface area contributed by atoms with Crippen molar-refractivity contribution < 1.29 is 23.1 Å². The second-order valence-corrected chi connectivity index (χ2v) is 8.61. The lowest BCUT2D eigenvalue weighted by molar-refractivity contribution is -0.143. The largest absolute Gasteiger partial charge is 0.481 e. The molecule has 2 saturated carbocycles. The normalized spacial score (nSPS) is 19.5. The van der Waals surface area contributed by atoms with Crippen LogP contribution in [0, 0.1) is 5.41 Å². The molecule has 0 atom stereocenters. The molecule has 0 spiro atoms. The van der Waals surface area contributed by atoms with Gasteiger partial charge in [0.2, 0.25) is 10.0 Å². The predicted octanol–water partition coefficient (Wildman–Crippen LogP) is 1.50. The SMILES string of the molecule is O=C(NCC1(C(=O)O)CC1)c1cccc(S(=O)(=O)NC2CCCC2)c1. The van der Waals surface area contributed by atoms with Crippen LogP contribution < -0.4 is 10.0 Å². The minimum Gasteiger partial charge on any atom is -0.481 e. The molecule has 3 rings (SSSR count). The standard InChI is InChI=1S/C17H22N2O5S/c20-15(18-11-17(8-9-17)16(21)22)12-4-3-7-14(10-12)25(23,24)19-13-5-1-2-6-13/h3-4,7,10,13,19H,1-2,5-6,8-9,11H2,(H,18,20)(H,21,22). The van der Waals surface area contributed by atoms with Crippen LogP contribution >= 0.6 is 0 Å². The summed E-state index contributed by atoms with van der Waals surface area (Å²) in [4.78, 5) is 23.4. The first-order valence-corrected chi connectivity index (χ1v) is 9.95. The van der Waals surface area contributed by atoms with Gasteiger partial charge >= 0.3 is 5.97 Å². The van der Waals surface area contributed by atoms with Gasteiger partial charge in [0.05, 0.1) is 10.3 Å². The molecular formula is C17H22N2O5S. The first-order chi connectivity index (χ1) is 11.8. The molecule has 0 aromatic heterocycles. The van der Waals surface area contributed by atoms with Crippen molar-refractivity contribution in [1.82, 2.24) is 10.0 Å². The number of benzene rings is 1. The number of nitrogens with one attached hydrogen (secondary N) is 2. The molecule has 0 unspecified atom stereocenters. The van der Waals surface area contributed by atoms with Gasteiger partial charge in [-0.1, -0.05) is 18.9 Å². The number of carbonyl (C=O) groups excluding carboxylic acids is 1. The number of carbonyl (C=O) groups is 2. The van der Waals surface area contributed by atoms with Crippen LogP contribution in [0.5, 0.6) is 0 Å². The molecule has 2 aliphatic carbocycles. The third kappa shape index (κ3) is 4.01. The molecule has 0 bridgehead atoms. The molecule has 8 heteroatoms. The molecule has 2 aliphatic rings. The Morgan fingerprint density at radius 1 is 1.20 bits per heavy atom. The van der Waals surface area contributed by atoms with Crippen molar-refractivity contribution in [2.45, 2.75) is 49.5 Å². The van der Waals surface area contributed by atoms with Crippen LogP contribution in [-0.2, 0) is 14.8 Å². The van der Waals surface area contributed by atoms with E-state index in [1.165, 1.54) is 24.3 Å². The molecule has 0 radical (unpaired) electrons. The fourth-order valence-electron chi connectivity index (χ4n) is 3.10. The van der Waals surface area contributed by atoms with Gasteiger partial charge in [0.25, 0.3) is 5.91 Å². The fourth-order valence-corrected chi connectivity index (χ4v) is 4.45. The van der Waals surface area contributed by atoms with Crippen molar-refractivity contribution in [2.75, 3.05) is 6.54 Å². The number of carboxylic acid groups (broad SMARTS) is 1. The van der Waals surface area contributed by atoms with E-state index < -0.39 is 27.3 Å². The fraction of sp³-hybridized carbons (Fsp3) is 0.529. The summed E-state index contributed by atoms with van der Waals surface area (Å²) in [5.74, 6) is -1.38. The number of hydrogen-bond donors (Lipinski definition) is 3. The third-order valence-electron chi connectivity index (χ3n) is 4.98. The molecule has 1 aromatic rings. The number of aliphatic carboxylic acids is 1. The smallest absolute Gasteiger partial charge is 0.311 e. The van der Waals surface area contributed by atoms with Crippen LogP contribution in [-0.4, -0.2) is 38.0 Å². The van der Waals surface area contributed by atoms with Crippen molar-refractivity contribution in [2.24, 2.45) is 5.41 Å². The van der Waals surface area contributed by atoms with Crippen molar-refractivity contribution in [1.29, 1.82) is 0 Å². The van der Waals surface area contributed by atoms with Gasteiger partial charge in [0.15, 0.2) is 0 Å². The highest BCUT2D eigenvalue weighted by Crippen LogP contribution is 2.45. The topological polar surface area (TPSA) is 113 Å². The van der Waals surface area contributed by atoms with Gasteiger partial charge in [0.1, 0.15) is 0 Å². The van der Waals surface area contributed by atoms with Gasteiger partial charge < -0.3 is 10.4 Å². The lowest BCUT2D eigenvalue weighted by atomic mass is 10.1. The molecule has 0 heterocycles. The summed E-state index contributed by atoms with van der Waals surface area (Å²) in [5.41, 5.74) is -0.654. The highest BCUT2D eigenvalue weighted by molar-refractivity contribution is 7.89. The van der Waals surface area contributed by atoms with Crippen LogP contribution in [0.4, 0.5) is 0 Å². The summed E-state index contributed by atoms with van der Waals surface area (Å²) >= 11 is 0. The minimum atomic E-state index is -3.67. The second-order valence-electron chi connectivity index (χ2n) is 6.90. The highest BCUT2D eigenvalue weighted by atomic mass is 32.2. The quantitative estimate of drug-likeness (QED) is 0.677. The van der Waals surface area contributed by atoms with Crippen LogP contribution in [0.15, 0.2) is 29.2 Å². The van der Waals surface area contributed by atoms with Gasteiger partial charge in [-0.05, 0) is 43.9 Å². The average Bonchev–Trinajstić information content (AvgIpc) is 3.23. The zero-order valence-electron chi connectivity index (χ0n) is 13.8.